The van der Waals surface area contributed by atoms with Crippen molar-refractivity contribution < 1.29 is 14.3 Å². The molecule has 1 heterocycles. The van der Waals surface area contributed by atoms with E-state index in [1.54, 1.807) is 6.07 Å². The van der Waals surface area contributed by atoms with E-state index >= 15 is 0 Å². The molecule has 1 unspecified atom stereocenters. The highest BCUT2D eigenvalue weighted by molar-refractivity contribution is 6.30. The fourth-order valence-corrected chi connectivity index (χ4v) is 2.27. The van der Waals surface area contributed by atoms with Gasteiger partial charge in [0.1, 0.15) is 0 Å². The second kappa shape index (κ2) is 6.05. The van der Waals surface area contributed by atoms with Crippen LogP contribution < -0.4 is 0 Å². The second-order valence-electron chi connectivity index (χ2n) is 4.93. The molecule has 0 radical (unpaired) electrons. The molecule has 6 heteroatoms. The Morgan fingerprint density at radius 3 is 2.80 bits per heavy atom. The third-order valence-corrected chi connectivity index (χ3v) is 3.02. The molecule has 2 rings (SSSR count). The van der Waals surface area contributed by atoms with Crippen LogP contribution in [0, 0.1) is 12.8 Å². The van der Waals surface area contributed by atoms with Gasteiger partial charge in [-0.1, -0.05) is 18.5 Å². The first-order chi connectivity index (χ1) is 9.44. The van der Waals surface area contributed by atoms with Crippen LogP contribution in [-0.2, 0) is 11.2 Å². The molecule has 106 valence electrons. The van der Waals surface area contributed by atoms with Crippen LogP contribution in [0.25, 0.3) is 11.5 Å². The van der Waals surface area contributed by atoms with Gasteiger partial charge in [-0.15, -0.1) is 10.2 Å². The molecule has 0 saturated carbocycles. The van der Waals surface area contributed by atoms with E-state index in [1.165, 1.54) is 0 Å². The average molecular weight is 295 g/mol. The molecule has 0 aliphatic heterocycles. The number of halogens is 1. The lowest BCUT2D eigenvalue weighted by atomic mass is 10.0. The Morgan fingerprint density at radius 1 is 1.40 bits per heavy atom. The third-order valence-electron chi connectivity index (χ3n) is 2.80. The minimum atomic E-state index is -0.831. The Hall–Kier alpha value is -1.88. The van der Waals surface area contributed by atoms with Gasteiger partial charge >= 0.3 is 5.97 Å². The van der Waals surface area contributed by atoms with Gasteiger partial charge in [0, 0.05) is 23.4 Å². The van der Waals surface area contributed by atoms with Gasteiger partial charge in [-0.25, -0.2) is 0 Å². The van der Waals surface area contributed by atoms with E-state index in [0.717, 1.165) is 11.1 Å². The van der Waals surface area contributed by atoms with Gasteiger partial charge in [0.25, 0.3) is 0 Å². The lowest BCUT2D eigenvalue weighted by molar-refractivity contribution is -0.137. The number of aliphatic carboxylic acids is 1. The predicted octanol–water partition coefficient (Wildman–Crippen LogP) is 3.35. The molecule has 0 fully saturated rings. The zero-order chi connectivity index (χ0) is 14.7. The quantitative estimate of drug-likeness (QED) is 0.915. The number of hydrogen-bond donors (Lipinski definition) is 1. The molecule has 1 atom stereocenters. The summed E-state index contributed by atoms with van der Waals surface area (Å²) in [4.78, 5) is 10.6. The number of carboxylic acid groups (broad SMARTS) is 1. The van der Waals surface area contributed by atoms with Gasteiger partial charge < -0.3 is 9.52 Å². The number of nitrogens with zero attached hydrogens (tertiary/aromatic N) is 2. The van der Waals surface area contributed by atoms with Crippen LogP contribution in [0.4, 0.5) is 0 Å². The molecule has 0 aliphatic carbocycles. The SMILES string of the molecule is Cc1cc(Cl)cc(-c2nnc(CC(C)CC(=O)O)o2)c1. The molecular weight excluding hydrogens is 280 g/mol. The van der Waals surface area contributed by atoms with Crippen molar-refractivity contribution in [3.05, 3.63) is 34.7 Å². The van der Waals surface area contributed by atoms with Crippen LogP contribution in [0.1, 0.15) is 24.8 Å². The van der Waals surface area contributed by atoms with Gasteiger partial charge in [0.15, 0.2) is 0 Å². The average Bonchev–Trinajstić information content (AvgIpc) is 2.74. The van der Waals surface area contributed by atoms with E-state index in [-0.39, 0.29) is 12.3 Å². The van der Waals surface area contributed by atoms with E-state index in [2.05, 4.69) is 10.2 Å². The van der Waals surface area contributed by atoms with E-state index in [4.69, 9.17) is 21.1 Å². The highest BCUT2D eigenvalue weighted by Gasteiger charge is 2.14. The summed E-state index contributed by atoms with van der Waals surface area (Å²) >= 11 is 5.99. The number of aryl methyl sites for hydroxylation is 1. The summed E-state index contributed by atoms with van der Waals surface area (Å²) in [5, 5.41) is 17.3. The van der Waals surface area contributed by atoms with Crippen molar-refractivity contribution >= 4 is 17.6 Å². The summed E-state index contributed by atoms with van der Waals surface area (Å²) < 4.78 is 5.56. The van der Waals surface area contributed by atoms with Crippen LogP contribution in [0.5, 0.6) is 0 Å². The van der Waals surface area contributed by atoms with Crippen LogP contribution >= 0.6 is 11.6 Å². The van der Waals surface area contributed by atoms with E-state index in [0.29, 0.717) is 23.2 Å². The fourth-order valence-electron chi connectivity index (χ4n) is 1.98. The number of rotatable bonds is 5. The maximum Gasteiger partial charge on any atom is 0.303 e. The lowest BCUT2D eigenvalue weighted by Crippen LogP contribution is -2.07. The maximum atomic E-state index is 10.6. The third kappa shape index (κ3) is 3.81. The number of aromatic nitrogens is 2. The Bertz CT molecular complexity index is 604. The van der Waals surface area contributed by atoms with Gasteiger partial charge in [0.05, 0.1) is 0 Å². The van der Waals surface area contributed by atoms with Crippen molar-refractivity contribution in [1.82, 2.24) is 10.2 Å². The van der Waals surface area contributed by atoms with Crippen LogP contribution in [-0.4, -0.2) is 21.3 Å². The lowest BCUT2D eigenvalue weighted by Gasteiger charge is -2.03. The smallest absolute Gasteiger partial charge is 0.303 e. The molecule has 1 aromatic heterocycles. The van der Waals surface area contributed by atoms with Gasteiger partial charge in [0.2, 0.25) is 11.8 Å². The highest BCUT2D eigenvalue weighted by atomic mass is 35.5. The molecule has 0 saturated heterocycles. The Labute approximate surface area is 121 Å². The first kappa shape index (κ1) is 14.5. The molecule has 5 nitrogen and oxygen atoms in total. The summed E-state index contributed by atoms with van der Waals surface area (Å²) in [5.41, 5.74) is 1.77. The zero-order valence-corrected chi connectivity index (χ0v) is 12.0. The van der Waals surface area contributed by atoms with Crippen LogP contribution in [0.15, 0.2) is 22.6 Å². The Balaban J connectivity index is 2.14. The monoisotopic (exact) mass is 294 g/mol. The van der Waals surface area contributed by atoms with Crippen molar-refractivity contribution in [1.29, 1.82) is 0 Å². The first-order valence-corrected chi connectivity index (χ1v) is 6.63. The summed E-state index contributed by atoms with van der Waals surface area (Å²) in [6.45, 7) is 3.77. The molecule has 2 aromatic rings. The highest BCUT2D eigenvalue weighted by Crippen LogP contribution is 2.24. The molecule has 0 amide bonds. The van der Waals surface area contributed by atoms with E-state index < -0.39 is 5.97 Å². The minimum Gasteiger partial charge on any atom is -0.481 e. The van der Waals surface area contributed by atoms with Crippen molar-refractivity contribution in [3.8, 4) is 11.5 Å². The summed E-state index contributed by atoms with van der Waals surface area (Å²) in [5.74, 6) is -0.0518. The molecule has 1 N–H and O–H groups in total. The first-order valence-electron chi connectivity index (χ1n) is 6.26. The maximum absolute atomic E-state index is 10.6. The number of hydrogen-bond acceptors (Lipinski definition) is 4. The van der Waals surface area contributed by atoms with E-state index in [1.807, 2.05) is 26.0 Å². The van der Waals surface area contributed by atoms with Crippen molar-refractivity contribution in [2.75, 3.05) is 0 Å². The number of carbonyl (C=O) groups is 1. The molecular formula is C14H15ClN2O3. The van der Waals surface area contributed by atoms with Gasteiger partial charge in [-0.05, 0) is 36.6 Å². The number of carboxylic acids is 1. The Kier molecular flexibility index (Phi) is 4.39. The predicted molar refractivity (Wildman–Crippen MR) is 74.6 cm³/mol. The zero-order valence-electron chi connectivity index (χ0n) is 11.3. The van der Waals surface area contributed by atoms with Crippen LogP contribution in [0.3, 0.4) is 0 Å². The van der Waals surface area contributed by atoms with Crippen molar-refractivity contribution in [2.45, 2.75) is 26.7 Å². The standard InChI is InChI=1S/C14H15ClN2O3/c1-8-3-10(7-11(15)4-8)14-17-16-12(20-14)5-9(2)6-13(18)19/h3-4,7,9H,5-6H2,1-2H3,(H,18,19). The molecule has 1 aromatic carbocycles. The number of benzene rings is 1. The van der Waals surface area contributed by atoms with Crippen molar-refractivity contribution in [3.63, 3.8) is 0 Å². The molecule has 0 bridgehead atoms. The second-order valence-corrected chi connectivity index (χ2v) is 5.36. The van der Waals surface area contributed by atoms with E-state index in [9.17, 15) is 4.79 Å². The van der Waals surface area contributed by atoms with Crippen molar-refractivity contribution in [2.24, 2.45) is 5.92 Å². The molecule has 0 spiro atoms. The summed E-state index contributed by atoms with van der Waals surface area (Å²) in [7, 11) is 0. The fraction of sp³-hybridized carbons (Fsp3) is 0.357. The summed E-state index contributed by atoms with van der Waals surface area (Å²) in [6.07, 6.45) is 0.521. The van der Waals surface area contributed by atoms with Gasteiger partial charge in [-0.2, -0.15) is 0 Å². The largest absolute Gasteiger partial charge is 0.481 e. The van der Waals surface area contributed by atoms with Crippen LogP contribution in [0.2, 0.25) is 5.02 Å². The Morgan fingerprint density at radius 2 is 2.15 bits per heavy atom. The molecule has 20 heavy (non-hydrogen) atoms. The molecule has 0 aliphatic rings. The summed E-state index contributed by atoms with van der Waals surface area (Å²) in [6, 6.07) is 5.51. The normalized spacial score (nSPS) is 12.3. The minimum absolute atomic E-state index is 0.0538. The topological polar surface area (TPSA) is 76.2 Å². The van der Waals surface area contributed by atoms with Gasteiger partial charge in [-0.3, -0.25) is 4.79 Å².